The Bertz CT molecular complexity index is 702. The second kappa shape index (κ2) is 6.86. The second-order valence-electron chi connectivity index (χ2n) is 5.85. The number of aryl methyl sites for hydroxylation is 1. The first-order valence-corrected chi connectivity index (χ1v) is 8.20. The molecule has 0 radical (unpaired) electrons. The molecule has 0 aromatic carbocycles. The van der Waals surface area contributed by atoms with E-state index < -0.39 is 0 Å². The number of anilines is 2. The number of pyridine rings is 1. The molecule has 128 valence electrons. The van der Waals surface area contributed by atoms with Gasteiger partial charge in [0.1, 0.15) is 11.6 Å². The van der Waals surface area contributed by atoms with Crippen LogP contribution in [0.4, 0.5) is 11.8 Å². The average Bonchev–Trinajstić information content (AvgIpc) is 2.95. The lowest BCUT2D eigenvalue weighted by Crippen LogP contribution is -2.49. The highest BCUT2D eigenvalue weighted by molar-refractivity contribution is 5.94. The van der Waals surface area contributed by atoms with Gasteiger partial charge in [-0.1, -0.05) is 0 Å². The fourth-order valence-corrected chi connectivity index (χ4v) is 2.77. The van der Waals surface area contributed by atoms with Crippen molar-refractivity contribution in [2.45, 2.75) is 13.8 Å². The molecule has 2 aromatic rings. The SMILES string of the molecule is CCNc1ccc(C(=O)N2CCN(c3nnc(C)n3C)CC2)cn1. The van der Waals surface area contributed by atoms with E-state index in [1.165, 1.54) is 0 Å². The number of carbonyl (C=O) groups is 1. The molecule has 8 heteroatoms. The molecule has 8 nitrogen and oxygen atoms in total. The van der Waals surface area contributed by atoms with Gasteiger partial charge in [-0.05, 0) is 26.0 Å². The minimum absolute atomic E-state index is 0.0272. The van der Waals surface area contributed by atoms with Gasteiger partial charge in [-0.15, -0.1) is 10.2 Å². The average molecular weight is 329 g/mol. The molecule has 1 N–H and O–H groups in total. The van der Waals surface area contributed by atoms with E-state index >= 15 is 0 Å². The third kappa shape index (κ3) is 3.17. The van der Waals surface area contributed by atoms with E-state index in [9.17, 15) is 4.79 Å². The van der Waals surface area contributed by atoms with Gasteiger partial charge in [-0.2, -0.15) is 0 Å². The number of aromatic nitrogens is 4. The summed E-state index contributed by atoms with van der Waals surface area (Å²) in [6.45, 7) is 7.59. The Labute approximate surface area is 141 Å². The van der Waals surface area contributed by atoms with Crippen LogP contribution < -0.4 is 10.2 Å². The number of amides is 1. The number of nitrogens with zero attached hydrogens (tertiary/aromatic N) is 6. The number of piperazine rings is 1. The summed E-state index contributed by atoms with van der Waals surface area (Å²) < 4.78 is 1.97. The van der Waals surface area contributed by atoms with Crippen molar-refractivity contribution in [3.8, 4) is 0 Å². The maximum Gasteiger partial charge on any atom is 0.255 e. The zero-order valence-corrected chi connectivity index (χ0v) is 14.4. The van der Waals surface area contributed by atoms with Gasteiger partial charge in [-0.3, -0.25) is 4.79 Å². The Kier molecular flexibility index (Phi) is 4.64. The molecule has 24 heavy (non-hydrogen) atoms. The molecule has 0 bridgehead atoms. The van der Waals surface area contributed by atoms with Gasteiger partial charge in [0, 0.05) is 46.0 Å². The lowest BCUT2D eigenvalue weighted by atomic mass is 10.2. The third-order valence-corrected chi connectivity index (χ3v) is 4.29. The highest BCUT2D eigenvalue weighted by atomic mass is 16.2. The van der Waals surface area contributed by atoms with Gasteiger partial charge < -0.3 is 19.7 Å². The van der Waals surface area contributed by atoms with Crippen molar-refractivity contribution >= 4 is 17.7 Å². The first kappa shape index (κ1) is 16.2. The van der Waals surface area contributed by atoms with E-state index in [-0.39, 0.29) is 5.91 Å². The Morgan fingerprint density at radius 3 is 2.50 bits per heavy atom. The fraction of sp³-hybridized carbons (Fsp3) is 0.500. The maximum absolute atomic E-state index is 12.6. The zero-order valence-electron chi connectivity index (χ0n) is 14.4. The number of carbonyl (C=O) groups excluding carboxylic acids is 1. The van der Waals surface area contributed by atoms with Gasteiger partial charge in [0.2, 0.25) is 5.95 Å². The normalized spacial score (nSPS) is 14.8. The molecule has 0 atom stereocenters. The van der Waals surface area contributed by atoms with Crippen LogP contribution in [-0.4, -0.2) is 63.3 Å². The second-order valence-corrected chi connectivity index (χ2v) is 5.85. The van der Waals surface area contributed by atoms with Gasteiger partial charge in [0.25, 0.3) is 5.91 Å². The highest BCUT2D eigenvalue weighted by Crippen LogP contribution is 2.15. The maximum atomic E-state index is 12.6. The van der Waals surface area contributed by atoms with Crippen molar-refractivity contribution in [3.05, 3.63) is 29.7 Å². The molecule has 1 saturated heterocycles. The van der Waals surface area contributed by atoms with Crippen LogP contribution in [0.1, 0.15) is 23.1 Å². The number of hydrogen-bond donors (Lipinski definition) is 1. The van der Waals surface area contributed by atoms with E-state index in [0.717, 1.165) is 37.2 Å². The van der Waals surface area contributed by atoms with Crippen molar-refractivity contribution in [3.63, 3.8) is 0 Å². The van der Waals surface area contributed by atoms with Crippen molar-refractivity contribution in [2.24, 2.45) is 7.05 Å². The van der Waals surface area contributed by atoms with Crippen molar-refractivity contribution in [1.82, 2.24) is 24.6 Å². The van der Waals surface area contributed by atoms with E-state index in [1.54, 1.807) is 6.20 Å². The van der Waals surface area contributed by atoms with Crippen molar-refractivity contribution in [2.75, 3.05) is 42.9 Å². The molecule has 1 aliphatic heterocycles. The van der Waals surface area contributed by atoms with Crippen LogP contribution >= 0.6 is 0 Å². The van der Waals surface area contributed by atoms with Crippen LogP contribution in [0.15, 0.2) is 18.3 Å². The standard InChI is InChI=1S/C16H23N7O/c1-4-17-14-6-5-13(11-18-14)15(24)22-7-9-23(10-8-22)16-20-19-12(2)21(16)3/h5-6,11H,4,7-10H2,1-3H3,(H,17,18). The van der Waals surface area contributed by atoms with Crippen LogP contribution in [0.3, 0.4) is 0 Å². The number of rotatable bonds is 4. The van der Waals surface area contributed by atoms with Gasteiger partial charge in [0.15, 0.2) is 0 Å². The Balaban J connectivity index is 1.61. The van der Waals surface area contributed by atoms with Gasteiger partial charge >= 0.3 is 0 Å². The van der Waals surface area contributed by atoms with Crippen LogP contribution in [0.2, 0.25) is 0 Å². The summed E-state index contributed by atoms with van der Waals surface area (Å²) in [7, 11) is 1.96. The molecular weight excluding hydrogens is 306 g/mol. The third-order valence-electron chi connectivity index (χ3n) is 4.29. The molecule has 1 aliphatic rings. The van der Waals surface area contributed by atoms with Crippen molar-refractivity contribution in [1.29, 1.82) is 0 Å². The summed E-state index contributed by atoms with van der Waals surface area (Å²) in [5.74, 6) is 2.56. The number of hydrogen-bond acceptors (Lipinski definition) is 6. The molecule has 0 spiro atoms. The lowest BCUT2D eigenvalue weighted by Gasteiger charge is -2.35. The summed E-state index contributed by atoms with van der Waals surface area (Å²) in [5.41, 5.74) is 0.625. The molecule has 0 saturated carbocycles. The predicted octanol–water partition coefficient (Wildman–Crippen LogP) is 0.913. The molecular formula is C16H23N7O. The van der Waals surface area contributed by atoms with E-state index in [4.69, 9.17) is 0 Å². The Morgan fingerprint density at radius 2 is 1.96 bits per heavy atom. The molecule has 0 unspecified atom stereocenters. The summed E-state index contributed by atoms with van der Waals surface area (Å²) in [6.07, 6.45) is 1.64. The Morgan fingerprint density at radius 1 is 1.21 bits per heavy atom. The zero-order chi connectivity index (χ0) is 17.1. The molecule has 0 aliphatic carbocycles. The van der Waals surface area contributed by atoms with E-state index in [0.29, 0.717) is 18.7 Å². The minimum atomic E-state index is 0.0272. The summed E-state index contributed by atoms with van der Waals surface area (Å²) in [6, 6.07) is 3.67. The minimum Gasteiger partial charge on any atom is -0.370 e. The van der Waals surface area contributed by atoms with E-state index in [2.05, 4.69) is 25.4 Å². The predicted molar refractivity (Wildman–Crippen MR) is 92.3 cm³/mol. The van der Waals surface area contributed by atoms with Crippen LogP contribution in [0, 0.1) is 6.92 Å². The molecule has 1 fully saturated rings. The van der Waals surface area contributed by atoms with Crippen LogP contribution in [0.5, 0.6) is 0 Å². The van der Waals surface area contributed by atoms with E-state index in [1.807, 2.05) is 42.5 Å². The van der Waals surface area contributed by atoms with Crippen LogP contribution in [0.25, 0.3) is 0 Å². The lowest BCUT2D eigenvalue weighted by molar-refractivity contribution is 0.0745. The quantitative estimate of drug-likeness (QED) is 0.898. The van der Waals surface area contributed by atoms with Crippen molar-refractivity contribution < 1.29 is 4.79 Å². The Hall–Kier alpha value is -2.64. The largest absolute Gasteiger partial charge is 0.370 e. The smallest absolute Gasteiger partial charge is 0.255 e. The first-order valence-electron chi connectivity index (χ1n) is 8.20. The first-order chi connectivity index (χ1) is 11.6. The number of nitrogens with one attached hydrogen (secondary N) is 1. The molecule has 2 aromatic heterocycles. The van der Waals surface area contributed by atoms with Gasteiger partial charge in [-0.25, -0.2) is 4.98 Å². The summed E-state index contributed by atoms with van der Waals surface area (Å²) in [4.78, 5) is 20.9. The summed E-state index contributed by atoms with van der Waals surface area (Å²) >= 11 is 0. The molecule has 3 heterocycles. The topological polar surface area (TPSA) is 79.2 Å². The highest BCUT2D eigenvalue weighted by Gasteiger charge is 2.24. The fourth-order valence-electron chi connectivity index (χ4n) is 2.77. The molecule has 1 amide bonds. The monoisotopic (exact) mass is 329 g/mol. The van der Waals surface area contributed by atoms with Crippen LogP contribution in [-0.2, 0) is 7.05 Å². The molecule has 3 rings (SSSR count). The van der Waals surface area contributed by atoms with Gasteiger partial charge in [0.05, 0.1) is 5.56 Å². The summed E-state index contributed by atoms with van der Waals surface area (Å²) in [5, 5.41) is 11.4.